The molecule has 0 unspecified atom stereocenters. The van der Waals surface area contributed by atoms with Crippen molar-refractivity contribution in [2.75, 3.05) is 0 Å². The van der Waals surface area contributed by atoms with Crippen LogP contribution < -0.4 is 0 Å². The molecule has 0 radical (unpaired) electrons. The zero-order valence-corrected chi connectivity index (χ0v) is 13.6. The Morgan fingerprint density at radius 3 is 3.00 bits per heavy atom. The van der Waals surface area contributed by atoms with E-state index in [4.69, 9.17) is 4.98 Å². The van der Waals surface area contributed by atoms with Crippen LogP contribution in [-0.2, 0) is 6.42 Å². The fourth-order valence-electron chi connectivity index (χ4n) is 3.37. The first-order valence-electron chi connectivity index (χ1n) is 8.18. The molecule has 1 aliphatic carbocycles. The van der Waals surface area contributed by atoms with Crippen molar-refractivity contribution in [2.45, 2.75) is 25.7 Å². The van der Waals surface area contributed by atoms with E-state index in [-0.39, 0.29) is 0 Å². The van der Waals surface area contributed by atoms with Gasteiger partial charge in [0, 0.05) is 40.1 Å². The smallest absolute Gasteiger partial charge is 0.138 e. The molecule has 0 spiro atoms. The Labute approximate surface area is 138 Å². The molecule has 1 saturated carbocycles. The van der Waals surface area contributed by atoms with Gasteiger partial charge in [-0.2, -0.15) is 0 Å². The molecule has 3 nitrogen and oxygen atoms in total. The number of nitrogens with one attached hydrogen (secondary N) is 1. The summed E-state index contributed by atoms with van der Waals surface area (Å²) in [5.74, 6) is 0.851. The first-order chi connectivity index (χ1) is 11.4. The zero-order valence-electron chi connectivity index (χ0n) is 12.7. The minimum Gasteiger partial charge on any atom is -0.345 e. The van der Waals surface area contributed by atoms with Crippen LogP contribution in [0.3, 0.4) is 0 Å². The number of hydrogen-bond donors (Lipinski definition) is 1. The van der Waals surface area contributed by atoms with Gasteiger partial charge >= 0.3 is 0 Å². The van der Waals surface area contributed by atoms with Crippen molar-refractivity contribution in [3.05, 3.63) is 48.5 Å². The zero-order chi connectivity index (χ0) is 15.2. The maximum atomic E-state index is 4.83. The Morgan fingerprint density at radius 1 is 1.22 bits per heavy atom. The van der Waals surface area contributed by atoms with E-state index in [0.717, 1.165) is 18.0 Å². The highest BCUT2D eigenvalue weighted by atomic mass is 32.1. The van der Waals surface area contributed by atoms with Gasteiger partial charge in [-0.15, -0.1) is 11.3 Å². The first kappa shape index (κ1) is 13.3. The second-order valence-electron chi connectivity index (χ2n) is 6.43. The lowest BCUT2D eigenvalue weighted by Crippen LogP contribution is -2.14. The van der Waals surface area contributed by atoms with Crippen molar-refractivity contribution in [1.82, 2.24) is 15.0 Å². The van der Waals surface area contributed by atoms with Gasteiger partial charge in [0.1, 0.15) is 5.65 Å². The van der Waals surface area contributed by atoms with E-state index in [1.807, 2.05) is 12.4 Å². The summed E-state index contributed by atoms with van der Waals surface area (Å²) in [7, 11) is 0. The molecule has 4 heterocycles. The molecule has 0 bridgehead atoms. The van der Waals surface area contributed by atoms with Crippen LogP contribution in [-0.4, -0.2) is 15.0 Å². The van der Waals surface area contributed by atoms with Crippen molar-refractivity contribution in [3.8, 4) is 10.4 Å². The normalized spacial score (nSPS) is 15.3. The molecular formula is C19H17N3S. The van der Waals surface area contributed by atoms with Crippen molar-refractivity contribution >= 4 is 32.5 Å². The molecule has 1 aliphatic rings. The van der Waals surface area contributed by atoms with Gasteiger partial charge in [-0.1, -0.05) is 19.3 Å². The van der Waals surface area contributed by atoms with E-state index >= 15 is 0 Å². The highest BCUT2D eigenvalue weighted by Gasteiger charge is 2.19. The molecule has 0 atom stereocenters. The van der Waals surface area contributed by atoms with Gasteiger partial charge in [0.25, 0.3) is 0 Å². The number of nitrogens with zero attached hydrogens (tertiary/aromatic N) is 2. The van der Waals surface area contributed by atoms with Gasteiger partial charge in [-0.05, 0) is 42.0 Å². The van der Waals surface area contributed by atoms with Crippen LogP contribution >= 0.6 is 11.3 Å². The fourth-order valence-corrected chi connectivity index (χ4v) is 4.43. The summed E-state index contributed by atoms with van der Waals surface area (Å²) in [5.41, 5.74) is 3.47. The number of aromatic nitrogens is 3. The van der Waals surface area contributed by atoms with Crippen molar-refractivity contribution in [3.63, 3.8) is 0 Å². The highest BCUT2D eigenvalue weighted by molar-refractivity contribution is 7.22. The van der Waals surface area contributed by atoms with E-state index in [1.54, 1.807) is 11.3 Å². The predicted octanol–water partition coefficient (Wildman–Crippen LogP) is 5.18. The molecule has 4 aromatic rings. The van der Waals surface area contributed by atoms with Gasteiger partial charge in [0.05, 0.1) is 4.70 Å². The molecule has 4 aromatic heterocycles. The summed E-state index contributed by atoms with van der Waals surface area (Å²) in [6.45, 7) is 0. The molecule has 0 aliphatic heterocycles. The third kappa shape index (κ3) is 2.25. The van der Waals surface area contributed by atoms with Crippen LogP contribution in [0.25, 0.3) is 31.6 Å². The molecule has 1 N–H and O–H groups in total. The van der Waals surface area contributed by atoms with Crippen molar-refractivity contribution in [1.29, 1.82) is 0 Å². The van der Waals surface area contributed by atoms with E-state index in [1.165, 1.54) is 50.9 Å². The fraction of sp³-hybridized carbons (Fsp3) is 0.263. The Kier molecular flexibility index (Phi) is 2.98. The third-order valence-electron chi connectivity index (χ3n) is 4.91. The number of rotatable bonds is 3. The number of aromatic amines is 1. The molecule has 0 saturated heterocycles. The standard InChI is InChI=1S/C19H17N3S/c1-2-12(3-1)8-14-4-5-15-16(10-21-19(15)22-14)17-9-13-6-7-20-11-18(13)23-17/h4-7,9-12H,1-3,8H2,(H,21,22). The summed E-state index contributed by atoms with van der Waals surface area (Å²) < 4.78 is 1.23. The lowest BCUT2D eigenvalue weighted by atomic mass is 9.82. The number of pyridine rings is 2. The molecule has 1 fully saturated rings. The highest BCUT2D eigenvalue weighted by Crippen LogP contribution is 2.37. The summed E-state index contributed by atoms with van der Waals surface area (Å²) in [6.07, 6.45) is 11.1. The van der Waals surface area contributed by atoms with Gasteiger partial charge < -0.3 is 4.98 Å². The average Bonchev–Trinajstić information content (AvgIpc) is 3.13. The first-order valence-corrected chi connectivity index (χ1v) is 8.99. The SMILES string of the molecule is c1cc2cc(-c3c[nH]c4nc(CC5CCC5)ccc34)sc2cn1. The predicted molar refractivity (Wildman–Crippen MR) is 95.8 cm³/mol. The monoisotopic (exact) mass is 319 g/mol. The lowest BCUT2D eigenvalue weighted by Gasteiger charge is -2.24. The van der Waals surface area contributed by atoms with E-state index < -0.39 is 0 Å². The van der Waals surface area contributed by atoms with E-state index in [9.17, 15) is 0 Å². The van der Waals surface area contributed by atoms with Crippen LogP contribution in [0.4, 0.5) is 0 Å². The van der Waals surface area contributed by atoms with Crippen LogP contribution in [0.5, 0.6) is 0 Å². The van der Waals surface area contributed by atoms with Crippen molar-refractivity contribution < 1.29 is 0 Å². The van der Waals surface area contributed by atoms with Crippen LogP contribution in [0.2, 0.25) is 0 Å². The molecule has 5 rings (SSSR count). The van der Waals surface area contributed by atoms with E-state index in [0.29, 0.717) is 0 Å². The molecule has 0 aromatic carbocycles. The Morgan fingerprint density at radius 2 is 2.17 bits per heavy atom. The maximum Gasteiger partial charge on any atom is 0.138 e. The topological polar surface area (TPSA) is 41.6 Å². The van der Waals surface area contributed by atoms with Crippen molar-refractivity contribution in [2.24, 2.45) is 5.92 Å². The second-order valence-corrected chi connectivity index (χ2v) is 7.51. The van der Waals surface area contributed by atoms with E-state index in [2.05, 4.69) is 40.4 Å². The minimum atomic E-state index is 0.851. The summed E-state index contributed by atoms with van der Waals surface area (Å²) in [4.78, 5) is 13.7. The molecule has 114 valence electrons. The lowest BCUT2D eigenvalue weighted by molar-refractivity contribution is 0.312. The molecule has 0 amide bonds. The number of fused-ring (bicyclic) bond motifs is 2. The average molecular weight is 319 g/mol. The number of hydrogen-bond acceptors (Lipinski definition) is 3. The molecule has 23 heavy (non-hydrogen) atoms. The number of thiophene rings is 1. The third-order valence-corrected chi connectivity index (χ3v) is 6.03. The molecular weight excluding hydrogens is 302 g/mol. The van der Waals surface area contributed by atoms with Gasteiger partial charge in [-0.3, -0.25) is 4.98 Å². The van der Waals surface area contributed by atoms with Gasteiger partial charge in [0.15, 0.2) is 0 Å². The molecule has 4 heteroatoms. The van der Waals surface area contributed by atoms with Gasteiger partial charge in [0.2, 0.25) is 0 Å². The van der Waals surface area contributed by atoms with Gasteiger partial charge in [-0.25, -0.2) is 4.98 Å². The van der Waals surface area contributed by atoms with Crippen LogP contribution in [0, 0.1) is 5.92 Å². The summed E-state index contributed by atoms with van der Waals surface area (Å²) >= 11 is 1.79. The second kappa shape index (κ2) is 5.17. The maximum absolute atomic E-state index is 4.83. The van der Waals surface area contributed by atoms with Crippen LogP contribution in [0.1, 0.15) is 25.0 Å². The quantitative estimate of drug-likeness (QED) is 0.565. The summed E-state index contributed by atoms with van der Waals surface area (Å²) in [6, 6.07) is 8.74. The Bertz CT molecular complexity index is 961. The Balaban J connectivity index is 1.56. The Hall–Kier alpha value is -2.20. The summed E-state index contributed by atoms with van der Waals surface area (Å²) in [5, 5.41) is 2.46. The number of H-pyrrole nitrogens is 1. The van der Waals surface area contributed by atoms with Crippen LogP contribution in [0.15, 0.2) is 42.9 Å². The largest absolute Gasteiger partial charge is 0.345 e. The minimum absolute atomic E-state index is 0.851.